The molecule has 4 nitrogen and oxygen atoms in total. The third-order valence-corrected chi connectivity index (χ3v) is 4.56. The van der Waals surface area contributed by atoms with Gasteiger partial charge in [-0.1, -0.05) is 11.6 Å². The fourth-order valence-electron chi connectivity index (χ4n) is 1.89. The molecular weight excluding hydrogens is 310 g/mol. The van der Waals surface area contributed by atoms with Crippen molar-refractivity contribution in [3.8, 4) is 11.5 Å². The summed E-state index contributed by atoms with van der Waals surface area (Å²) in [5, 5.41) is 5.11. The average molecular weight is 326 g/mol. The molecule has 1 amide bonds. The molecule has 0 aliphatic heterocycles. The molecule has 2 aromatic rings. The van der Waals surface area contributed by atoms with Crippen LogP contribution in [0.1, 0.15) is 20.8 Å². The fraction of sp³-hybridized carbons (Fsp3) is 0.267. The Balaban J connectivity index is 2.34. The Kier molecular flexibility index (Phi) is 4.75. The SMILES string of the molecule is COc1cc(NC(=O)c2csc(C)c2C)c(OC)cc1Cl. The maximum Gasteiger partial charge on any atom is 0.256 e. The van der Waals surface area contributed by atoms with Gasteiger partial charge in [0.25, 0.3) is 5.91 Å². The van der Waals surface area contributed by atoms with Crippen molar-refractivity contribution in [2.24, 2.45) is 0 Å². The summed E-state index contributed by atoms with van der Waals surface area (Å²) in [6.45, 7) is 3.92. The van der Waals surface area contributed by atoms with Crippen molar-refractivity contribution in [2.45, 2.75) is 13.8 Å². The van der Waals surface area contributed by atoms with Gasteiger partial charge < -0.3 is 14.8 Å². The quantitative estimate of drug-likeness (QED) is 0.912. The average Bonchev–Trinajstić information content (AvgIpc) is 2.80. The molecule has 0 bridgehead atoms. The van der Waals surface area contributed by atoms with Gasteiger partial charge in [0.1, 0.15) is 11.5 Å². The van der Waals surface area contributed by atoms with Crippen LogP contribution < -0.4 is 14.8 Å². The van der Waals surface area contributed by atoms with Crippen molar-refractivity contribution in [2.75, 3.05) is 19.5 Å². The molecule has 1 aromatic heterocycles. The van der Waals surface area contributed by atoms with Gasteiger partial charge in [0.15, 0.2) is 0 Å². The predicted molar refractivity (Wildman–Crippen MR) is 86.3 cm³/mol. The summed E-state index contributed by atoms with van der Waals surface area (Å²) in [7, 11) is 3.04. The fourth-order valence-corrected chi connectivity index (χ4v) is 2.98. The maximum absolute atomic E-state index is 12.4. The van der Waals surface area contributed by atoms with Crippen LogP contribution in [0.3, 0.4) is 0 Å². The molecule has 2 rings (SSSR count). The predicted octanol–water partition coefficient (Wildman–Crippen LogP) is 4.29. The summed E-state index contributed by atoms with van der Waals surface area (Å²) >= 11 is 7.60. The Morgan fingerprint density at radius 1 is 1.19 bits per heavy atom. The van der Waals surface area contributed by atoms with Gasteiger partial charge >= 0.3 is 0 Å². The van der Waals surface area contributed by atoms with E-state index in [0.29, 0.717) is 27.8 Å². The van der Waals surface area contributed by atoms with Crippen molar-refractivity contribution >= 4 is 34.5 Å². The number of hydrogen-bond acceptors (Lipinski definition) is 4. The number of thiophene rings is 1. The number of rotatable bonds is 4. The molecule has 6 heteroatoms. The zero-order valence-electron chi connectivity index (χ0n) is 12.2. The van der Waals surface area contributed by atoms with E-state index in [1.54, 1.807) is 23.5 Å². The van der Waals surface area contributed by atoms with Crippen LogP contribution in [0, 0.1) is 13.8 Å². The van der Waals surface area contributed by atoms with E-state index >= 15 is 0 Å². The molecule has 0 saturated heterocycles. The highest BCUT2D eigenvalue weighted by Crippen LogP contribution is 2.36. The lowest BCUT2D eigenvalue weighted by Crippen LogP contribution is -2.13. The van der Waals surface area contributed by atoms with Crippen molar-refractivity contribution < 1.29 is 14.3 Å². The number of aryl methyl sites for hydroxylation is 1. The van der Waals surface area contributed by atoms with Crippen molar-refractivity contribution in [3.63, 3.8) is 0 Å². The van der Waals surface area contributed by atoms with Crippen molar-refractivity contribution in [3.05, 3.63) is 38.5 Å². The Morgan fingerprint density at radius 3 is 2.38 bits per heavy atom. The number of hydrogen-bond donors (Lipinski definition) is 1. The lowest BCUT2D eigenvalue weighted by molar-refractivity contribution is 0.102. The minimum absolute atomic E-state index is 0.181. The van der Waals surface area contributed by atoms with Gasteiger partial charge in [-0.05, 0) is 19.4 Å². The highest BCUT2D eigenvalue weighted by Gasteiger charge is 2.16. The molecule has 0 saturated carbocycles. The Labute approximate surface area is 132 Å². The third-order valence-electron chi connectivity index (χ3n) is 3.25. The summed E-state index contributed by atoms with van der Waals surface area (Å²) in [6.07, 6.45) is 0. The molecule has 0 fully saturated rings. The van der Waals surface area contributed by atoms with Crippen LogP contribution in [-0.2, 0) is 0 Å². The standard InChI is InChI=1S/C15H16ClNO3S/c1-8-9(2)21-7-10(8)15(18)17-12-6-13(19-3)11(16)5-14(12)20-4/h5-7H,1-4H3,(H,17,18). The minimum Gasteiger partial charge on any atom is -0.495 e. The summed E-state index contributed by atoms with van der Waals surface area (Å²) in [6, 6.07) is 3.26. The second-order valence-corrected chi connectivity index (χ2v) is 5.96. The van der Waals surface area contributed by atoms with Crippen LogP contribution in [0.15, 0.2) is 17.5 Å². The monoisotopic (exact) mass is 325 g/mol. The van der Waals surface area contributed by atoms with E-state index in [0.717, 1.165) is 10.4 Å². The lowest BCUT2D eigenvalue weighted by Gasteiger charge is -2.13. The number of nitrogens with one attached hydrogen (secondary N) is 1. The van der Waals surface area contributed by atoms with E-state index < -0.39 is 0 Å². The van der Waals surface area contributed by atoms with Gasteiger partial charge in [-0.25, -0.2) is 0 Å². The van der Waals surface area contributed by atoms with E-state index in [4.69, 9.17) is 21.1 Å². The number of anilines is 1. The van der Waals surface area contributed by atoms with Crippen molar-refractivity contribution in [1.29, 1.82) is 0 Å². The molecule has 0 radical (unpaired) electrons. The molecule has 1 heterocycles. The van der Waals surface area contributed by atoms with Gasteiger partial charge in [0, 0.05) is 22.4 Å². The van der Waals surface area contributed by atoms with Crippen LogP contribution in [0.25, 0.3) is 0 Å². The first-order chi connectivity index (χ1) is 9.97. The van der Waals surface area contributed by atoms with Crippen molar-refractivity contribution in [1.82, 2.24) is 0 Å². The Bertz CT molecular complexity index is 682. The van der Waals surface area contributed by atoms with E-state index in [1.807, 2.05) is 19.2 Å². The summed E-state index contributed by atoms with van der Waals surface area (Å²) in [5.74, 6) is 0.782. The van der Waals surface area contributed by atoms with Gasteiger partial charge in [0.05, 0.1) is 30.5 Å². The first-order valence-electron chi connectivity index (χ1n) is 6.25. The largest absolute Gasteiger partial charge is 0.495 e. The maximum atomic E-state index is 12.4. The molecule has 0 aliphatic carbocycles. The van der Waals surface area contributed by atoms with E-state index in [2.05, 4.69) is 5.32 Å². The topological polar surface area (TPSA) is 47.6 Å². The van der Waals surface area contributed by atoms with E-state index in [-0.39, 0.29) is 5.91 Å². The molecular formula is C15H16ClNO3S. The zero-order valence-corrected chi connectivity index (χ0v) is 13.8. The lowest BCUT2D eigenvalue weighted by atomic mass is 10.1. The molecule has 0 spiro atoms. The van der Waals surface area contributed by atoms with Gasteiger partial charge in [-0.15, -0.1) is 11.3 Å². The van der Waals surface area contributed by atoms with Crippen LogP contribution in [0.2, 0.25) is 5.02 Å². The van der Waals surface area contributed by atoms with Crippen LogP contribution in [0.4, 0.5) is 5.69 Å². The van der Waals surface area contributed by atoms with E-state index in [1.165, 1.54) is 14.2 Å². The molecule has 1 N–H and O–H groups in total. The number of amides is 1. The smallest absolute Gasteiger partial charge is 0.256 e. The normalized spacial score (nSPS) is 10.3. The number of carbonyl (C=O) groups excluding carboxylic acids is 1. The zero-order chi connectivity index (χ0) is 15.6. The Hall–Kier alpha value is -1.72. The third kappa shape index (κ3) is 3.14. The second kappa shape index (κ2) is 6.37. The van der Waals surface area contributed by atoms with Crippen LogP contribution in [0.5, 0.6) is 11.5 Å². The summed E-state index contributed by atoms with van der Waals surface area (Å²) in [5.41, 5.74) is 2.16. The Morgan fingerprint density at radius 2 is 1.86 bits per heavy atom. The molecule has 0 atom stereocenters. The van der Waals surface area contributed by atoms with Crippen LogP contribution in [-0.4, -0.2) is 20.1 Å². The highest BCUT2D eigenvalue weighted by atomic mass is 35.5. The highest BCUT2D eigenvalue weighted by molar-refractivity contribution is 7.10. The van der Waals surface area contributed by atoms with Gasteiger partial charge in [-0.3, -0.25) is 4.79 Å². The van der Waals surface area contributed by atoms with Gasteiger partial charge in [-0.2, -0.15) is 0 Å². The summed E-state index contributed by atoms with van der Waals surface area (Å²) in [4.78, 5) is 13.5. The molecule has 1 aromatic carbocycles. The number of methoxy groups -OCH3 is 2. The minimum atomic E-state index is -0.181. The molecule has 112 valence electrons. The second-order valence-electron chi connectivity index (χ2n) is 4.47. The van der Waals surface area contributed by atoms with Crippen LogP contribution >= 0.6 is 22.9 Å². The number of halogens is 1. The molecule has 0 aliphatic rings. The number of ether oxygens (including phenoxy) is 2. The van der Waals surface area contributed by atoms with Gasteiger partial charge in [0.2, 0.25) is 0 Å². The summed E-state index contributed by atoms with van der Waals surface area (Å²) < 4.78 is 10.4. The first kappa shape index (κ1) is 15.7. The number of carbonyl (C=O) groups is 1. The first-order valence-corrected chi connectivity index (χ1v) is 7.51. The molecule has 21 heavy (non-hydrogen) atoms. The molecule has 0 unspecified atom stereocenters. The number of benzene rings is 1. The van der Waals surface area contributed by atoms with E-state index in [9.17, 15) is 4.79 Å².